The lowest BCUT2D eigenvalue weighted by atomic mass is 10.1. The van der Waals surface area contributed by atoms with E-state index in [2.05, 4.69) is 29.2 Å². The second kappa shape index (κ2) is 13.0. The zero-order chi connectivity index (χ0) is 33.4. The average molecular weight is 687 g/mol. The molecule has 236 valence electrons. The fraction of sp³-hybridized carbons (Fsp3) is 0.114. The van der Waals surface area contributed by atoms with Gasteiger partial charge in [0.1, 0.15) is 5.69 Å². The van der Waals surface area contributed by atoms with Crippen molar-refractivity contribution < 1.29 is 19.2 Å². The molecule has 4 amide bonds. The van der Waals surface area contributed by atoms with Crippen LogP contribution in [0.25, 0.3) is 6.08 Å². The van der Waals surface area contributed by atoms with Gasteiger partial charge >= 0.3 is 0 Å². The lowest BCUT2D eigenvalue weighted by Gasteiger charge is -2.20. The summed E-state index contributed by atoms with van der Waals surface area (Å²) in [4.78, 5) is 56.8. The Morgan fingerprint density at radius 1 is 0.809 bits per heavy atom. The van der Waals surface area contributed by atoms with E-state index in [9.17, 15) is 19.2 Å². The van der Waals surface area contributed by atoms with Crippen molar-refractivity contribution >= 4 is 87.4 Å². The number of nitrogens with zero attached hydrogens (tertiary/aromatic N) is 4. The molecule has 1 N–H and O–H groups in total. The molecular weight excluding hydrogens is 661 g/mol. The summed E-state index contributed by atoms with van der Waals surface area (Å²) in [6.45, 7) is 5.81. The third-order valence-corrected chi connectivity index (χ3v) is 8.59. The maximum atomic E-state index is 13.9. The number of benzene rings is 4. The Morgan fingerprint density at radius 2 is 1.43 bits per heavy atom. The molecule has 0 saturated carbocycles. The summed E-state index contributed by atoms with van der Waals surface area (Å²) in [5.74, 6) is -2.25. The largest absolute Gasteiger partial charge is 0.372 e. The van der Waals surface area contributed by atoms with Gasteiger partial charge in [-0.05, 0) is 80.1 Å². The van der Waals surface area contributed by atoms with Crippen molar-refractivity contribution in [1.82, 2.24) is 5.32 Å². The van der Waals surface area contributed by atoms with Gasteiger partial charge in [-0.2, -0.15) is 5.01 Å². The molecule has 0 spiro atoms. The first-order chi connectivity index (χ1) is 22.6. The maximum Gasteiger partial charge on any atom is 0.282 e. The van der Waals surface area contributed by atoms with E-state index in [1.165, 1.54) is 24.3 Å². The van der Waals surface area contributed by atoms with Crippen LogP contribution >= 0.6 is 34.8 Å². The predicted molar refractivity (Wildman–Crippen MR) is 186 cm³/mol. The highest BCUT2D eigenvalue weighted by Crippen LogP contribution is 2.39. The van der Waals surface area contributed by atoms with Crippen LogP contribution in [0.1, 0.15) is 50.5 Å². The number of anilines is 3. The van der Waals surface area contributed by atoms with Gasteiger partial charge in [-0.1, -0.05) is 65.1 Å². The minimum Gasteiger partial charge on any atom is -0.372 e. The first-order valence-electron chi connectivity index (χ1n) is 14.6. The molecule has 47 heavy (non-hydrogen) atoms. The molecule has 2 heterocycles. The number of nitrogens with one attached hydrogen (secondary N) is 1. The fourth-order valence-electron chi connectivity index (χ4n) is 5.45. The van der Waals surface area contributed by atoms with Gasteiger partial charge in [0.2, 0.25) is 0 Å². The Kier molecular flexibility index (Phi) is 8.88. The van der Waals surface area contributed by atoms with Gasteiger partial charge in [0.25, 0.3) is 23.6 Å². The molecule has 2 aliphatic rings. The second-order valence-corrected chi connectivity index (χ2v) is 11.9. The lowest BCUT2D eigenvalue weighted by molar-refractivity contribution is -0.114. The molecule has 6 rings (SSSR count). The highest BCUT2D eigenvalue weighted by molar-refractivity contribution is 6.44. The number of hydrogen-bond acceptors (Lipinski definition) is 6. The molecule has 0 unspecified atom stereocenters. The van der Waals surface area contributed by atoms with Crippen molar-refractivity contribution in [2.75, 3.05) is 27.9 Å². The summed E-state index contributed by atoms with van der Waals surface area (Å²) < 4.78 is 0. The van der Waals surface area contributed by atoms with Crippen LogP contribution in [0.2, 0.25) is 15.1 Å². The number of imide groups is 1. The van der Waals surface area contributed by atoms with Gasteiger partial charge in [-0.25, -0.2) is 4.90 Å². The van der Waals surface area contributed by atoms with Gasteiger partial charge in [-0.15, -0.1) is 5.10 Å². The van der Waals surface area contributed by atoms with Gasteiger partial charge in [0.15, 0.2) is 5.84 Å². The van der Waals surface area contributed by atoms with E-state index in [1.54, 1.807) is 42.5 Å². The van der Waals surface area contributed by atoms with E-state index in [0.29, 0.717) is 5.56 Å². The zero-order valence-corrected chi connectivity index (χ0v) is 27.4. The van der Waals surface area contributed by atoms with E-state index < -0.39 is 23.6 Å². The quantitative estimate of drug-likeness (QED) is 0.161. The van der Waals surface area contributed by atoms with E-state index in [1.807, 2.05) is 24.3 Å². The van der Waals surface area contributed by atoms with E-state index in [0.717, 1.165) is 28.7 Å². The number of amides is 4. The molecule has 0 bridgehead atoms. The lowest BCUT2D eigenvalue weighted by Crippen LogP contribution is -2.32. The molecule has 12 heteroatoms. The molecule has 0 atom stereocenters. The highest BCUT2D eigenvalue weighted by atomic mass is 35.5. The van der Waals surface area contributed by atoms with Gasteiger partial charge in [0, 0.05) is 29.4 Å². The number of carbonyl (C=O) groups is 4. The smallest absolute Gasteiger partial charge is 0.282 e. The molecule has 0 fully saturated rings. The summed E-state index contributed by atoms with van der Waals surface area (Å²) in [5.41, 5.74) is 2.80. The van der Waals surface area contributed by atoms with Crippen LogP contribution in [0.5, 0.6) is 0 Å². The molecule has 4 aromatic rings. The topological polar surface area (TPSA) is 102 Å². The van der Waals surface area contributed by atoms with Gasteiger partial charge < -0.3 is 10.2 Å². The Balaban J connectivity index is 1.34. The van der Waals surface area contributed by atoms with Crippen LogP contribution in [0, 0.1) is 0 Å². The van der Waals surface area contributed by atoms with Crippen LogP contribution in [0.15, 0.2) is 95.6 Å². The molecule has 9 nitrogen and oxygen atoms in total. The minimum atomic E-state index is -0.632. The number of rotatable bonds is 7. The van der Waals surface area contributed by atoms with Crippen LogP contribution < -0.4 is 20.1 Å². The van der Waals surface area contributed by atoms with Gasteiger partial charge in [0.05, 0.1) is 32.4 Å². The normalized spacial score (nSPS) is 15.0. The molecule has 0 aromatic heterocycles. The second-order valence-electron chi connectivity index (χ2n) is 10.6. The van der Waals surface area contributed by atoms with Crippen molar-refractivity contribution in [3.05, 3.63) is 128 Å². The highest BCUT2D eigenvalue weighted by Gasteiger charge is 2.37. The third kappa shape index (κ3) is 6.01. The standard InChI is InChI=1S/C35H26Cl3N5O4/c1-3-41(4-2)23-14-12-20(13-15-23)16-27-31(40-43(35(27)47)30-28(37)18-22(36)19-29(30)38)39-32(44)21-8-7-9-24(17-21)42-33(45)25-10-5-6-11-26(25)34(42)46/h5-19H,3-4H2,1-2H3,(H,39,40,44). The Hall–Kier alpha value is -4.96. The molecular formula is C35H26Cl3N5O4. The minimum absolute atomic E-state index is 0.0546. The van der Waals surface area contributed by atoms with E-state index >= 15 is 0 Å². The summed E-state index contributed by atoms with van der Waals surface area (Å²) in [6, 6.07) is 23.1. The molecule has 2 aliphatic heterocycles. The maximum absolute atomic E-state index is 13.9. The Morgan fingerprint density at radius 3 is 2.02 bits per heavy atom. The predicted octanol–water partition coefficient (Wildman–Crippen LogP) is 7.47. The first kappa shape index (κ1) is 32.0. The van der Waals surface area contributed by atoms with Crippen LogP contribution in [0.4, 0.5) is 17.1 Å². The van der Waals surface area contributed by atoms with E-state index in [4.69, 9.17) is 34.8 Å². The molecule has 0 saturated heterocycles. The third-order valence-electron chi connectivity index (χ3n) is 7.80. The SMILES string of the molecule is CCN(CC)c1ccc(C=C2C(=O)N(c3c(Cl)cc(Cl)cc3Cl)N=C2NC(=O)c2cccc(N3C(=O)c4ccccc4C3=O)c2)cc1. The number of hydrazone groups is 1. The first-order valence-corrected chi connectivity index (χ1v) is 15.8. The van der Waals surface area contributed by atoms with Crippen LogP contribution in [-0.4, -0.2) is 42.6 Å². The summed E-state index contributed by atoms with van der Waals surface area (Å²) in [5, 5.41) is 8.60. The summed E-state index contributed by atoms with van der Waals surface area (Å²) >= 11 is 19.0. The fourth-order valence-corrected chi connectivity index (χ4v) is 6.43. The zero-order valence-electron chi connectivity index (χ0n) is 25.1. The monoisotopic (exact) mass is 685 g/mol. The average Bonchev–Trinajstić information content (AvgIpc) is 3.49. The Labute approximate surface area is 285 Å². The number of carbonyl (C=O) groups excluding carboxylic acids is 4. The number of amidine groups is 1. The summed E-state index contributed by atoms with van der Waals surface area (Å²) in [7, 11) is 0. The van der Waals surface area contributed by atoms with Crippen LogP contribution in [0.3, 0.4) is 0 Å². The number of halogens is 3. The van der Waals surface area contributed by atoms with Crippen molar-refractivity contribution in [3.8, 4) is 0 Å². The van der Waals surface area contributed by atoms with Gasteiger partial charge in [-0.3, -0.25) is 19.2 Å². The summed E-state index contributed by atoms with van der Waals surface area (Å²) in [6.07, 6.45) is 1.61. The molecule has 4 aromatic carbocycles. The number of fused-ring (bicyclic) bond motifs is 1. The number of hydrogen-bond donors (Lipinski definition) is 1. The Bertz CT molecular complexity index is 1960. The molecule has 0 aliphatic carbocycles. The van der Waals surface area contributed by atoms with Crippen molar-refractivity contribution in [1.29, 1.82) is 0 Å². The van der Waals surface area contributed by atoms with Crippen molar-refractivity contribution in [3.63, 3.8) is 0 Å². The van der Waals surface area contributed by atoms with Crippen LogP contribution in [-0.2, 0) is 4.79 Å². The van der Waals surface area contributed by atoms with Crippen molar-refractivity contribution in [2.24, 2.45) is 5.10 Å². The molecule has 0 radical (unpaired) electrons. The van der Waals surface area contributed by atoms with E-state index in [-0.39, 0.29) is 54.5 Å². The van der Waals surface area contributed by atoms with Crippen molar-refractivity contribution in [2.45, 2.75) is 13.8 Å².